The standard InChI is InChI=1S/C11H18N2OS/c1-8-4-7-15-11(8)10(13-12)9-2-5-14-6-3-9/h4,7,9-10,13H,2-3,5-6,12H2,1H3. The molecule has 1 saturated heterocycles. The van der Waals surface area contributed by atoms with E-state index in [0.717, 1.165) is 26.1 Å². The van der Waals surface area contributed by atoms with E-state index in [9.17, 15) is 0 Å². The SMILES string of the molecule is Cc1ccsc1C(NN)C1CCOCC1. The maximum Gasteiger partial charge on any atom is 0.0585 e. The lowest BCUT2D eigenvalue weighted by Gasteiger charge is -2.29. The van der Waals surface area contributed by atoms with Crippen molar-refractivity contribution >= 4 is 11.3 Å². The average molecular weight is 226 g/mol. The third-order valence-corrected chi connectivity index (χ3v) is 4.20. The van der Waals surface area contributed by atoms with Gasteiger partial charge >= 0.3 is 0 Å². The molecule has 1 aliphatic rings. The number of ether oxygens (including phenoxy) is 1. The monoisotopic (exact) mass is 226 g/mol. The highest BCUT2D eigenvalue weighted by molar-refractivity contribution is 7.10. The first-order valence-corrected chi connectivity index (χ1v) is 6.28. The highest BCUT2D eigenvalue weighted by Crippen LogP contribution is 2.33. The molecule has 1 unspecified atom stereocenters. The van der Waals surface area contributed by atoms with Gasteiger partial charge in [0.2, 0.25) is 0 Å². The zero-order valence-electron chi connectivity index (χ0n) is 9.03. The minimum atomic E-state index is 0.300. The van der Waals surface area contributed by atoms with E-state index in [0.29, 0.717) is 12.0 Å². The summed E-state index contributed by atoms with van der Waals surface area (Å²) in [5, 5.41) is 2.13. The molecule has 0 saturated carbocycles. The molecular weight excluding hydrogens is 208 g/mol. The summed E-state index contributed by atoms with van der Waals surface area (Å²) in [4.78, 5) is 1.38. The van der Waals surface area contributed by atoms with Crippen molar-refractivity contribution < 1.29 is 4.74 Å². The van der Waals surface area contributed by atoms with Crippen LogP contribution in [-0.4, -0.2) is 13.2 Å². The molecule has 1 aromatic rings. The quantitative estimate of drug-likeness (QED) is 0.612. The van der Waals surface area contributed by atoms with Crippen molar-refractivity contribution in [1.29, 1.82) is 0 Å². The molecule has 0 bridgehead atoms. The Balaban J connectivity index is 2.12. The van der Waals surface area contributed by atoms with E-state index < -0.39 is 0 Å². The van der Waals surface area contributed by atoms with Crippen molar-refractivity contribution in [2.75, 3.05) is 13.2 Å². The third kappa shape index (κ3) is 2.39. The topological polar surface area (TPSA) is 47.3 Å². The van der Waals surface area contributed by atoms with Gasteiger partial charge in [0.1, 0.15) is 0 Å². The molecule has 4 heteroatoms. The van der Waals surface area contributed by atoms with Gasteiger partial charge in [-0.1, -0.05) is 0 Å². The highest BCUT2D eigenvalue weighted by Gasteiger charge is 2.26. The third-order valence-electron chi connectivity index (χ3n) is 3.10. The van der Waals surface area contributed by atoms with Gasteiger partial charge in [-0.3, -0.25) is 11.3 Å². The number of aryl methyl sites for hydroxylation is 1. The number of nitrogens with one attached hydrogen (secondary N) is 1. The van der Waals surface area contributed by atoms with E-state index in [4.69, 9.17) is 10.6 Å². The van der Waals surface area contributed by atoms with Gasteiger partial charge in [0.25, 0.3) is 0 Å². The molecule has 1 aliphatic heterocycles. The minimum absolute atomic E-state index is 0.300. The van der Waals surface area contributed by atoms with Crippen LogP contribution >= 0.6 is 11.3 Å². The van der Waals surface area contributed by atoms with Crippen molar-refractivity contribution in [1.82, 2.24) is 5.43 Å². The van der Waals surface area contributed by atoms with Gasteiger partial charge in [-0.15, -0.1) is 11.3 Å². The van der Waals surface area contributed by atoms with Crippen molar-refractivity contribution in [3.63, 3.8) is 0 Å². The molecule has 1 aromatic heterocycles. The maximum atomic E-state index is 5.68. The molecule has 3 N–H and O–H groups in total. The zero-order chi connectivity index (χ0) is 10.7. The maximum absolute atomic E-state index is 5.68. The van der Waals surface area contributed by atoms with Gasteiger partial charge < -0.3 is 4.74 Å². The van der Waals surface area contributed by atoms with Crippen LogP contribution in [0.1, 0.15) is 29.3 Å². The number of hydrazine groups is 1. The molecule has 1 fully saturated rings. The average Bonchev–Trinajstić information content (AvgIpc) is 2.68. The van der Waals surface area contributed by atoms with Gasteiger partial charge in [0.15, 0.2) is 0 Å². The van der Waals surface area contributed by atoms with Gasteiger partial charge in [0.05, 0.1) is 6.04 Å². The first kappa shape index (κ1) is 11.1. The van der Waals surface area contributed by atoms with Crippen molar-refractivity contribution in [2.24, 2.45) is 11.8 Å². The molecule has 0 radical (unpaired) electrons. The molecule has 84 valence electrons. The minimum Gasteiger partial charge on any atom is -0.381 e. The predicted octanol–water partition coefficient (Wildman–Crippen LogP) is 1.99. The Labute approximate surface area is 94.6 Å². The second kappa shape index (κ2) is 5.07. The fraction of sp³-hybridized carbons (Fsp3) is 0.636. The lowest BCUT2D eigenvalue weighted by Crippen LogP contribution is -2.36. The second-order valence-electron chi connectivity index (χ2n) is 4.06. The Kier molecular flexibility index (Phi) is 3.75. The Bertz CT molecular complexity index is 307. The largest absolute Gasteiger partial charge is 0.381 e. The smallest absolute Gasteiger partial charge is 0.0585 e. The lowest BCUT2D eigenvalue weighted by atomic mass is 9.90. The number of nitrogens with two attached hydrogens (primary N) is 1. The Morgan fingerprint density at radius 2 is 2.27 bits per heavy atom. The van der Waals surface area contributed by atoms with Crippen LogP contribution in [0.2, 0.25) is 0 Å². The van der Waals surface area contributed by atoms with Crippen molar-refractivity contribution in [3.05, 3.63) is 21.9 Å². The molecule has 3 nitrogen and oxygen atoms in total. The Morgan fingerprint density at radius 1 is 1.53 bits per heavy atom. The van der Waals surface area contributed by atoms with Crippen LogP contribution in [0.4, 0.5) is 0 Å². The molecule has 0 spiro atoms. The van der Waals surface area contributed by atoms with Crippen LogP contribution in [0.5, 0.6) is 0 Å². The van der Waals surface area contributed by atoms with E-state index in [-0.39, 0.29) is 0 Å². The van der Waals surface area contributed by atoms with Gasteiger partial charge in [-0.25, -0.2) is 0 Å². The molecule has 0 aliphatic carbocycles. The first-order valence-electron chi connectivity index (χ1n) is 5.41. The Hall–Kier alpha value is -0.420. The summed E-state index contributed by atoms with van der Waals surface area (Å²) < 4.78 is 5.38. The normalized spacial score (nSPS) is 20.4. The van der Waals surface area contributed by atoms with Gasteiger partial charge in [0, 0.05) is 18.1 Å². The van der Waals surface area contributed by atoms with Crippen LogP contribution in [0.15, 0.2) is 11.4 Å². The lowest BCUT2D eigenvalue weighted by molar-refractivity contribution is 0.0540. The van der Waals surface area contributed by atoms with Crippen LogP contribution in [-0.2, 0) is 4.74 Å². The van der Waals surface area contributed by atoms with Gasteiger partial charge in [-0.2, -0.15) is 0 Å². The highest BCUT2D eigenvalue weighted by atomic mass is 32.1. The molecule has 15 heavy (non-hydrogen) atoms. The number of hydrogen-bond donors (Lipinski definition) is 2. The summed E-state index contributed by atoms with van der Waals surface area (Å²) >= 11 is 1.79. The second-order valence-corrected chi connectivity index (χ2v) is 5.01. The van der Waals surface area contributed by atoms with E-state index in [1.165, 1.54) is 10.4 Å². The summed E-state index contributed by atoms with van der Waals surface area (Å²) in [6.07, 6.45) is 2.21. The number of thiophene rings is 1. The fourth-order valence-corrected chi connectivity index (χ4v) is 3.26. The molecule has 2 rings (SSSR count). The van der Waals surface area contributed by atoms with Crippen molar-refractivity contribution in [3.8, 4) is 0 Å². The Morgan fingerprint density at radius 3 is 2.80 bits per heavy atom. The van der Waals surface area contributed by atoms with E-state index >= 15 is 0 Å². The summed E-state index contributed by atoms with van der Waals surface area (Å²) in [5.41, 5.74) is 4.31. The van der Waals surface area contributed by atoms with Crippen LogP contribution in [0.25, 0.3) is 0 Å². The van der Waals surface area contributed by atoms with Gasteiger partial charge in [-0.05, 0) is 42.7 Å². The zero-order valence-corrected chi connectivity index (χ0v) is 9.85. The summed E-state index contributed by atoms with van der Waals surface area (Å²) in [6.45, 7) is 3.88. The van der Waals surface area contributed by atoms with Crippen LogP contribution in [0.3, 0.4) is 0 Å². The summed E-state index contributed by atoms with van der Waals surface area (Å²) in [5.74, 6) is 6.29. The number of rotatable bonds is 3. The molecule has 2 heterocycles. The molecule has 0 aromatic carbocycles. The molecule has 1 atom stereocenters. The summed E-state index contributed by atoms with van der Waals surface area (Å²) in [7, 11) is 0. The number of hydrogen-bond acceptors (Lipinski definition) is 4. The van der Waals surface area contributed by atoms with E-state index in [1.54, 1.807) is 11.3 Å². The van der Waals surface area contributed by atoms with Crippen molar-refractivity contribution in [2.45, 2.75) is 25.8 Å². The first-order chi connectivity index (χ1) is 7.33. The predicted molar refractivity (Wildman–Crippen MR) is 62.7 cm³/mol. The van der Waals surface area contributed by atoms with E-state index in [1.807, 2.05) is 0 Å². The van der Waals surface area contributed by atoms with E-state index in [2.05, 4.69) is 23.8 Å². The fourth-order valence-electron chi connectivity index (χ4n) is 2.18. The van der Waals surface area contributed by atoms with Crippen LogP contribution in [0, 0.1) is 12.8 Å². The summed E-state index contributed by atoms with van der Waals surface area (Å²) in [6, 6.07) is 2.46. The molecular formula is C11H18N2OS. The molecule has 0 amide bonds. The van der Waals surface area contributed by atoms with Crippen LogP contribution < -0.4 is 11.3 Å².